The summed E-state index contributed by atoms with van der Waals surface area (Å²) in [5, 5.41) is 8.06. The lowest BCUT2D eigenvalue weighted by atomic mass is 10.4. The highest BCUT2D eigenvalue weighted by Crippen LogP contribution is 2.01. The maximum atomic E-state index is 4.06. The van der Waals surface area contributed by atoms with E-state index in [-0.39, 0.29) is 0 Å². The maximum Gasteiger partial charge on any atom is 0.201 e. The number of pyridine rings is 1. The van der Waals surface area contributed by atoms with Crippen LogP contribution in [0.4, 0.5) is 0 Å². The minimum atomic E-state index is 0.699. The summed E-state index contributed by atoms with van der Waals surface area (Å²) in [4.78, 5) is 5.52. The molecule has 0 saturated carbocycles. The number of nitrogens with zero attached hydrogens (tertiary/aromatic N) is 4. The molecular formula is C8H12N4. The lowest BCUT2D eigenvalue weighted by molar-refractivity contribution is 0.663. The largest absolute Gasteiger partial charge is 0.234 e. The smallest absolute Gasteiger partial charge is 0.201 e. The summed E-state index contributed by atoms with van der Waals surface area (Å²) < 4.78 is 0. The molecular weight excluding hydrogens is 152 g/mol. The van der Waals surface area contributed by atoms with Crippen molar-refractivity contribution in [3.8, 4) is 0 Å². The highest BCUT2D eigenvalue weighted by atomic mass is 15.5. The van der Waals surface area contributed by atoms with Crippen molar-refractivity contribution in [2.24, 2.45) is 7.05 Å². The molecule has 12 heavy (non-hydrogen) atoms. The summed E-state index contributed by atoms with van der Waals surface area (Å²) in [6, 6.07) is 3.73. The van der Waals surface area contributed by atoms with Gasteiger partial charge in [0.25, 0.3) is 0 Å². The molecule has 0 saturated heterocycles. The van der Waals surface area contributed by atoms with Crippen molar-refractivity contribution in [3.63, 3.8) is 0 Å². The van der Waals surface area contributed by atoms with Gasteiger partial charge >= 0.3 is 0 Å². The predicted molar refractivity (Wildman–Crippen MR) is 47.7 cm³/mol. The minimum Gasteiger partial charge on any atom is -0.234 e. The van der Waals surface area contributed by atoms with Gasteiger partial charge in [0.1, 0.15) is 5.52 Å². The molecule has 0 aliphatic rings. The Balaban J connectivity index is 0.000000336. The van der Waals surface area contributed by atoms with Gasteiger partial charge in [0.15, 0.2) is 0 Å². The molecule has 0 unspecified atom stereocenters. The average Bonchev–Trinajstić information content (AvgIpc) is 2.48. The summed E-state index contributed by atoms with van der Waals surface area (Å²) in [6.45, 7) is 4.00. The number of aromatic nitrogens is 4. The zero-order valence-electron chi connectivity index (χ0n) is 7.52. The van der Waals surface area contributed by atoms with Crippen LogP contribution in [0.5, 0.6) is 0 Å². The molecule has 0 N–H and O–H groups in total. The summed E-state index contributed by atoms with van der Waals surface area (Å²) in [7, 11) is 1.78. The van der Waals surface area contributed by atoms with Crippen LogP contribution >= 0.6 is 0 Å². The van der Waals surface area contributed by atoms with Crippen molar-refractivity contribution in [1.82, 2.24) is 20.0 Å². The van der Waals surface area contributed by atoms with E-state index in [0.717, 1.165) is 5.52 Å². The van der Waals surface area contributed by atoms with Gasteiger partial charge in [-0.15, -0.1) is 5.10 Å². The summed E-state index contributed by atoms with van der Waals surface area (Å²) in [5.41, 5.74) is 1.54. The van der Waals surface area contributed by atoms with Crippen molar-refractivity contribution >= 4 is 11.2 Å². The van der Waals surface area contributed by atoms with E-state index in [1.54, 1.807) is 13.2 Å². The van der Waals surface area contributed by atoms with Gasteiger partial charge in [0, 0.05) is 13.2 Å². The molecule has 0 aromatic carbocycles. The van der Waals surface area contributed by atoms with Crippen molar-refractivity contribution in [1.29, 1.82) is 0 Å². The summed E-state index contributed by atoms with van der Waals surface area (Å²) >= 11 is 0. The highest BCUT2D eigenvalue weighted by Gasteiger charge is 1.96. The Morgan fingerprint density at radius 1 is 1.25 bits per heavy atom. The third kappa shape index (κ3) is 1.58. The van der Waals surface area contributed by atoms with Crippen molar-refractivity contribution in [2.45, 2.75) is 13.8 Å². The van der Waals surface area contributed by atoms with Gasteiger partial charge in [-0.25, -0.2) is 4.98 Å². The average molecular weight is 164 g/mol. The van der Waals surface area contributed by atoms with Crippen LogP contribution in [-0.2, 0) is 7.05 Å². The van der Waals surface area contributed by atoms with E-state index in [2.05, 4.69) is 15.2 Å². The lowest BCUT2D eigenvalue weighted by Crippen LogP contribution is -1.90. The van der Waals surface area contributed by atoms with Gasteiger partial charge in [-0.3, -0.25) is 0 Å². The maximum absolute atomic E-state index is 4.06. The molecule has 0 radical (unpaired) electrons. The van der Waals surface area contributed by atoms with Crippen molar-refractivity contribution < 1.29 is 0 Å². The van der Waals surface area contributed by atoms with E-state index in [0.29, 0.717) is 5.65 Å². The molecule has 0 aliphatic carbocycles. The normalized spacial score (nSPS) is 9.25. The molecule has 0 atom stereocenters. The third-order valence-corrected chi connectivity index (χ3v) is 1.26. The molecule has 4 heteroatoms. The molecule has 4 nitrogen and oxygen atoms in total. The van der Waals surface area contributed by atoms with E-state index in [4.69, 9.17) is 0 Å². The number of aryl methyl sites for hydroxylation is 1. The second kappa shape index (κ2) is 3.80. The lowest BCUT2D eigenvalue weighted by Gasteiger charge is -1.77. The molecule has 2 aromatic rings. The number of hydrogen-bond donors (Lipinski definition) is 0. The first-order chi connectivity index (χ1) is 5.86. The predicted octanol–water partition coefficient (Wildman–Crippen LogP) is 1.39. The van der Waals surface area contributed by atoms with E-state index in [9.17, 15) is 0 Å². The summed E-state index contributed by atoms with van der Waals surface area (Å²) in [5.74, 6) is 0. The van der Waals surface area contributed by atoms with Crippen LogP contribution in [0.1, 0.15) is 13.8 Å². The molecule has 0 amide bonds. The van der Waals surface area contributed by atoms with Gasteiger partial charge in [-0.1, -0.05) is 13.8 Å². The highest BCUT2D eigenvalue weighted by molar-refractivity contribution is 5.67. The molecule has 0 fully saturated rings. The second-order valence-corrected chi connectivity index (χ2v) is 2.04. The SMILES string of the molecule is CC.Cn1nc2cccnc2n1. The Labute approximate surface area is 71.2 Å². The zero-order valence-corrected chi connectivity index (χ0v) is 7.52. The van der Waals surface area contributed by atoms with Gasteiger partial charge in [0.05, 0.1) is 0 Å². The van der Waals surface area contributed by atoms with Gasteiger partial charge in [-0.05, 0) is 12.1 Å². The molecule has 2 aromatic heterocycles. The zero-order chi connectivity index (χ0) is 8.97. The van der Waals surface area contributed by atoms with Crippen LogP contribution in [0.3, 0.4) is 0 Å². The Hall–Kier alpha value is -1.45. The Morgan fingerprint density at radius 3 is 2.67 bits per heavy atom. The fraction of sp³-hybridized carbons (Fsp3) is 0.375. The Bertz CT molecular complexity index is 320. The molecule has 0 spiro atoms. The van der Waals surface area contributed by atoms with Gasteiger partial charge in [-0.2, -0.15) is 9.90 Å². The molecule has 0 aliphatic heterocycles. The topological polar surface area (TPSA) is 43.6 Å². The third-order valence-electron chi connectivity index (χ3n) is 1.26. The van der Waals surface area contributed by atoms with Crippen LogP contribution < -0.4 is 0 Å². The van der Waals surface area contributed by atoms with Crippen molar-refractivity contribution in [3.05, 3.63) is 18.3 Å². The number of rotatable bonds is 0. The van der Waals surface area contributed by atoms with E-state index >= 15 is 0 Å². The monoisotopic (exact) mass is 164 g/mol. The van der Waals surface area contributed by atoms with Crippen LogP contribution in [0.15, 0.2) is 18.3 Å². The number of hydrogen-bond acceptors (Lipinski definition) is 3. The Kier molecular flexibility index (Phi) is 2.74. The van der Waals surface area contributed by atoms with Crippen LogP contribution in [0.25, 0.3) is 11.2 Å². The minimum absolute atomic E-state index is 0.699. The van der Waals surface area contributed by atoms with E-state index in [1.807, 2.05) is 26.0 Å². The first kappa shape index (κ1) is 8.64. The van der Waals surface area contributed by atoms with E-state index in [1.165, 1.54) is 4.80 Å². The van der Waals surface area contributed by atoms with Crippen molar-refractivity contribution in [2.75, 3.05) is 0 Å². The molecule has 2 heterocycles. The Morgan fingerprint density at radius 2 is 2.00 bits per heavy atom. The second-order valence-electron chi connectivity index (χ2n) is 2.04. The van der Waals surface area contributed by atoms with Gasteiger partial charge < -0.3 is 0 Å². The number of fused-ring (bicyclic) bond motifs is 1. The molecule has 2 rings (SSSR count). The van der Waals surface area contributed by atoms with Gasteiger partial charge in [0.2, 0.25) is 5.65 Å². The first-order valence-corrected chi connectivity index (χ1v) is 3.98. The molecule has 0 bridgehead atoms. The fourth-order valence-electron chi connectivity index (χ4n) is 0.859. The standard InChI is InChI=1S/C6H6N4.C2H6/c1-10-8-5-3-2-4-7-6(5)9-10;1-2/h2-4H,1H3;1-2H3. The van der Waals surface area contributed by atoms with Crippen LogP contribution in [-0.4, -0.2) is 20.0 Å². The quantitative estimate of drug-likeness (QED) is 0.591. The van der Waals surface area contributed by atoms with Crippen LogP contribution in [0.2, 0.25) is 0 Å². The summed E-state index contributed by atoms with van der Waals surface area (Å²) in [6.07, 6.45) is 1.71. The van der Waals surface area contributed by atoms with Crippen LogP contribution in [0, 0.1) is 0 Å². The first-order valence-electron chi connectivity index (χ1n) is 3.98. The van der Waals surface area contributed by atoms with E-state index < -0.39 is 0 Å². The fourth-order valence-corrected chi connectivity index (χ4v) is 0.859. The molecule has 64 valence electrons.